The third-order valence-electron chi connectivity index (χ3n) is 3.44. The van der Waals surface area contributed by atoms with Crippen molar-refractivity contribution in [1.82, 2.24) is 0 Å². The van der Waals surface area contributed by atoms with Gasteiger partial charge in [-0.05, 0) is 24.3 Å². The predicted octanol–water partition coefficient (Wildman–Crippen LogP) is 5.01. The molecule has 2 aromatic carbocycles. The van der Waals surface area contributed by atoms with Crippen LogP contribution in [0.25, 0.3) is 0 Å². The van der Waals surface area contributed by atoms with Crippen LogP contribution in [-0.4, -0.2) is 18.7 Å². The number of nitrogens with zero attached hydrogens (tertiary/aromatic N) is 1. The van der Waals surface area contributed by atoms with Crippen LogP contribution in [0.3, 0.4) is 0 Å². The van der Waals surface area contributed by atoms with Crippen molar-refractivity contribution in [2.75, 3.05) is 12.4 Å². The van der Waals surface area contributed by atoms with Crippen molar-refractivity contribution in [3.05, 3.63) is 64.1 Å². The lowest BCUT2D eigenvalue weighted by Gasteiger charge is -2.14. The molecule has 0 spiro atoms. The summed E-state index contributed by atoms with van der Waals surface area (Å²) in [5, 5.41) is 7.80. The molecule has 0 heterocycles. The maximum atomic E-state index is 12.4. The SMILES string of the molecule is CON=C(CC(C)C(=O)Nc1ccccc1)c1ccc(Cl)c(Cl)c1. The highest BCUT2D eigenvalue weighted by Gasteiger charge is 2.18. The summed E-state index contributed by atoms with van der Waals surface area (Å²) >= 11 is 12.0. The maximum Gasteiger partial charge on any atom is 0.227 e. The van der Waals surface area contributed by atoms with Crippen LogP contribution in [0.4, 0.5) is 5.69 Å². The Bertz CT molecular complexity index is 733. The van der Waals surface area contributed by atoms with Gasteiger partial charge in [-0.1, -0.05) is 59.5 Å². The highest BCUT2D eigenvalue weighted by Crippen LogP contribution is 2.24. The second kappa shape index (κ2) is 8.71. The zero-order chi connectivity index (χ0) is 17.5. The van der Waals surface area contributed by atoms with Crippen LogP contribution in [0.1, 0.15) is 18.9 Å². The number of carbonyl (C=O) groups excluding carboxylic acids is 1. The van der Waals surface area contributed by atoms with Crippen LogP contribution in [-0.2, 0) is 9.63 Å². The topological polar surface area (TPSA) is 50.7 Å². The molecule has 1 amide bonds. The van der Waals surface area contributed by atoms with Gasteiger partial charge in [-0.2, -0.15) is 0 Å². The first-order chi connectivity index (χ1) is 11.5. The van der Waals surface area contributed by atoms with E-state index in [0.717, 1.165) is 11.3 Å². The number of oxime groups is 1. The lowest BCUT2D eigenvalue weighted by molar-refractivity contribution is -0.119. The quantitative estimate of drug-likeness (QED) is 0.578. The molecule has 2 aromatic rings. The van der Waals surface area contributed by atoms with E-state index in [0.29, 0.717) is 22.2 Å². The Balaban J connectivity index is 2.10. The molecular weight excluding hydrogens is 347 g/mol. The van der Waals surface area contributed by atoms with Gasteiger partial charge in [0.25, 0.3) is 0 Å². The fourth-order valence-corrected chi connectivity index (χ4v) is 2.46. The van der Waals surface area contributed by atoms with E-state index in [2.05, 4.69) is 10.5 Å². The Hall–Kier alpha value is -2.04. The number of nitrogens with one attached hydrogen (secondary N) is 1. The molecule has 0 aliphatic rings. The lowest BCUT2D eigenvalue weighted by Crippen LogP contribution is -2.23. The van der Waals surface area contributed by atoms with Gasteiger partial charge in [-0.3, -0.25) is 4.79 Å². The Morgan fingerprint density at radius 1 is 1.17 bits per heavy atom. The Labute approximate surface area is 151 Å². The van der Waals surface area contributed by atoms with Crippen LogP contribution in [0, 0.1) is 5.92 Å². The summed E-state index contributed by atoms with van der Waals surface area (Å²) in [6.07, 6.45) is 0.407. The third-order valence-corrected chi connectivity index (χ3v) is 4.18. The zero-order valence-electron chi connectivity index (χ0n) is 13.4. The van der Waals surface area contributed by atoms with E-state index in [1.807, 2.05) is 37.3 Å². The molecule has 0 radical (unpaired) electrons. The van der Waals surface area contributed by atoms with E-state index >= 15 is 0 Å². The van der Waals surface area contributed by atoms with Gasteiger partial charge in [0.1, 0.15) is 7.11 Å². The van der Waals surface area contributed by atoms with Gasteiger partial charge in [-0.25, -0.2) is 0 Å². The molecule has 4 nitrogen and oxygen atoms in total. The Morgan fingerprint density at radius 2 is 1.88 bits per heavy atom. The highest BCUT2D eigenvalue weighted by atomic mass is 35.5. The smallest absolute Gasteiger partial charge is 0.227 e. The molecule has 6 heteroatoms. The van der Waals surface area contributed by atoms with Gasteiger partial charge in [-0.15, -0.1) is 0 Å². The van der Waals surface area contributed by atoms with Crippen molar-refractivity contribution >= 4 is 40.5 Å². The van der Waals surface area contributed by atoms with Crippen LogP contribution in [0.2, 0.25) is 10.0 Å². The number of halogens is 2. The van der Waals surface area contributed by atoms with Crippen molar-refractivity contribution < 1.29 is 9.63 Å². The average Bonchev–Trinajstić information content (AvgIpc) is 2.57. The standard InChI is InChI=1S/C18H18Cl2N2O2/c1-12(18(23)21-14-6-4-3-5-7-14)10-17(22-24-2)13-8-9-15(19)16(20)11-13/h3-9,11-12H,10H2,1-2H3,(H,21,23). The van der Waals surface area contributed by atoms with E-state index in [1.54, 1.807) is 18.2 Å². The Kier molecular flexibility index (Phi) is 6.64. The number of benzene rings is 2. The normalized spacial score (nSPS) is 12.6. The van der Waals surface area contributed by atoms with Gasteiger partial charge in [0, 0.05) is 23.6 Å². The van der Waals surface area contributed by atoms with Crippen molar-refractivity contribution in [2.24, 2.45) is 11.1 Å². The van der Waals surface area contributed by atoms with Gasteiger partial charge in [0.2, 0.25) is 5.91 Å². The molecule has 0 fully saturated rings. The number of hydrogen-bond donors (Lipinski definition) is 1. The molecule has 2 rings (SSSR count). The summed E-state index contributed by atoms with van der Waals surface area (Å²) in [5.41, 5.74) is 2.16. The van der Waals surface area contributed by atoms with Crippen molar-refractivity contribution in [2.45, 2.75) is 13.3 Å². The van der Waals surface area contributed by atoms with Crippen LogP contribution in [0.5, 0.6) is 0 Å². The van der Waals surface area contributed by atoms with E-state index in [9.17, 15) is 4.79 Å². The number of rotatable bonds is 6. The van der Waals surface area contributed by atoms with E-state index in [1.165, 1.54) is 7.11 Å². The number of anilines is 1. The van der Waals surface area contributed by atoms with Crippen molar-refractivity contribution in [3.63, 3.8) is 0 Å². The number of para-hydroxylation sites is 1. The highest BCUT2D eigenvalue weighted by molar-refractivity contribution is 6.42. The summed E-state index contributed by atoms with van der Waals surface area (Å²) < 4.78 is 0. The minimum atomic E-state index is -0.298. The molecule has 0 bridgehead atoms. The fourth-order valence-electron chi connectivity index (χ4n) is 2.16. The lowest BCUT2D eigenvalue weighted by atomic mass is 9.98. The molecule has 24 heavy (non-hydrogen) atoms. The van der Waals surface area contributed by atoms with E-state index < -0.39 is 0 Å². The van der Waals surface area contributed by atoms with E-state index in [-0.39, 0.29) is 11.8 Å². The van der Waals surface area contributed by atoms with Gasteiger partial charge in [0.15, 0.2) is 0 Å². The van der Waals surface area contributed by atoms with Crippen LogP contribution in [0.15, 0.2) is 53.7 Å². The number of carbonyl (C=O) groups is 1. The molecule has 0 aromatic heterocycles. The second-order valence-electron chi connectivity index (χ2n) is 5.31. The number of hydrogen-bond acceptors (Lipinski definition) is 3. The molecule has 1 unspecified atom stereocenters. The van der Waals surface area contributed by atoms with Crippen molar-refractivity contribution in [1.29, 1.82) is 0 Å². The summed E-state index contributed by atoms with van der Waals surface area (Å²) in [6.45, 7) is 1.83. The first kappa shape index (κ1) is 18.3. The molecule has 1 N–H and O–H groups in total. The summed E-state index contributed by atoms with van der Waals surface area (Å²) in [7, 11) is 1.46. The first-order valence-corrected chi connectivity index (χ1v) is 8.18. The number of amides is 1. The summed E-state index contributed by atoms with van der Waals surface area (Å²) in [6, 6.07) is 14.5. The summed E-state index contributed by atoms with van der Waals surface area (Å²) in [4.78, 5) is 17.3. The van der Waals surface area contributed by atoms with Gasteiger partial charge in [0.05, 0.1) is 15.8 Å². The molecule has 1 atom stereocenters. The molecule has 0 aliphatic carbocycles. The van der Waals surface area contributed by atoms with Crippen LogP contribution >= 0.6 is 23.2 Å². The maximum absolute atomic E-state index is 12.4. The molecule has 126 valence electrons. The summed E-state index contributed by atoms with van der Waals surface area (Å²) in [5.74, 6) is -0.390. The zero-order valence-corrected chi connectivity index (χ0v) is 14.9. The fraction of sp³-hybridized carbons (Fsp3) is 0.222. The minimum Gasteiger partial charge on any atom is -0.399 e. The third kappa shape index (κ3) is 4.98. The van der Waals surface area contributed by atoms with Crippen molar-refractivity contribution in [3.8, 4) is 0 Å². The largest absolute Gasteiger partial charge is 0.399 e. The molecule has 0 aliphatic heterocycles. The molecule has 0 saturated heterocycles. The minimum absolute atomic E-state index is 0.0925. The predicted molar refractivity (Wildman–Crippen MR) is 98.9 cm³/mol. The Morgan fingerprint density at radius 3 is 2.50 bits per heavy atom. The first-order valence-electron chi connectivity index (χ1n) is 7.42. The van der Waals surface area contributed by atoms with Crippen LogP contribution < -0.4 is 5.32 Å². The van der Waals surface area contributed by atoms with Gasteiger partial charge < -0.3 is 10.2 Å². The molecular formula is C18H18Cl2N2O2. The van der Waals surface area contributed by atoms with E-state index in [4.69, 9.17) is 28.0 Å². The second-order valence-corrected chi connectivity index (χ2v) is 6.12. The monoisotopic (exact) mass is 364 g/mol. The average molecular weight is 365 g/mol. The van der Waals surface area contributed by atoms with Gasteiger partial charge >= 0.3 is 0 Å². The molecule has 0 saturated carbocycles.